The van der Waals surface area contributed by atoms with Crippen molar-refractivity contribution in [3.63, 3.8) is 0 Å². The smallest absolute Gasteiger partial charge is 0.272 e. The highest BCUT2D eigenvalue weighted by atomic mass is 32.2. The number of H-pyrrole nitrogens is 1. The Morgan fingerprint density at radius 2 is 2.07 bits per heavy atom. The standard InChI is InChI=1S/C18H19N5O4S/c1-11-8-16(23(22-11)12-6-7-28(26,27)10-12)19-17(24)9-15-13-4-2-3-5-14(13)18(25)21-20-15/h2-5,8,12H,6-7,9-10H2,1H3,(H,19,24)(H,21,25). The number of hydrogen-bond acceptors (Lipinski definition) is 6. The van der Waals surface area contributed by atoms with E-state index in [1.165, 1.54) is 0 Å². The van der Waals surface area contributed by atoms with Crippen LogP contribution in [0, 0.1) is 6.92 Å². The van der Waals surface area contributed by atoms with Crippen molar-refractivity contribution in [3.8, 4) is 0 Å². The van der Waals surface area contributed by atoms with Crippen molar-refractivity contribution in [2.24, 2.45) is 0 Å². The molecular formula is C18H19N5O4S. The van der Waals surface area contributed by atoms with E-state index >= 15 is 0 Å². The van der Waals surface area contributed by atoms with E-state index in [0.29, 0.717) is 34.4 Å². The van der Waals surface area contributed by atoms with Crippen molar-refractivity contribution in [1.29, 1.82) is 0 Å². The molecule has 9 nitrogen and oxygen atoms in total. The predicted octanol–water partition coefficient (Wildman–Crippen LogP) is 0.969. The van der Waals surface area contributed by atoms with E-state index < -0.39 is 9.84 Å². The lowest BCUT2D eigenvalue weighted by atomic mass is 10.1. The number of nitrogens with zero attached hydrogens (tertiary/aromatic N) is 3. The van der Waals surface area contributed by atoms with Crippen LogP contribution in [0.25, 0.3) is 10.8 Å². The first kappa shape index (κ1) is 18.4. The van der Waals surface area contributed by atoms with Crippen LogP contribution in [-0.4, -0.2) is 45.8 Å². The summed E-state index contributed by atoms with van der Waals surface area (Å²) in [6.07, 6.45) is 0.433. The summed E-state index contributed by atoms with van der Waals surface area (Å²) in [5, 5.41) is 14.7. The Morgan fingerprint density at radius 3 is 2.79 bits per heavy atom. The fourth-order valence-corrected chi connectivity index (χ4v) is 5.19. The first-order valence-corrected chi connectivity index (χ1v) is 10.7. The fourth-order valence-electron chi connectivity index (χ4n) is 3.50. The van der Waals surface area contributed by atoms with Crippen LogP contribution in [0.3, 0.4) is 0 Å². The lowest BCUT2D eigenvalue weighted by molar-refractivity contribution is -0.115. The second-order valence-corrected chi connectivity index (χ2v) is 9.17. The molecule has 3 aromatic rings. The van der Waals surface area contributed by atoms with E-state index in [0.717, 1.165) is 0 Å². The second-order valence-electron chi connectivity index (χ2n) is 6.94. The number of aromatic nitrogens is 4. The first-order valence-electron chi connectivity index (χ1n) is 8.85. The maximum atomic E-state index is 12.6. The Labute approximate surface area is 160 Å². The van der Waals surface area contributed by atoms with Crippen LogP contribution >= 0.6 is 0 Å². The van der Waals surface area contributed by atoms with E-state index in [1.807, 2.05) is 0 Å². The third-order valence-corrected chi connectivity index (χ3v) is 6.53. The summed E-state index contributed by atoms with van der Waals surface area (Å²) in [5.41, 5.74) is 0.835. The Morgan fingerprint density at radius 1 is 1.32 bits per heavy atom. The van der Waals surface area contributed by atoms with Gasteiger partial charge in [0.1, 0.15) is 5.82 Å². The number of amides is 1. The summed E-state index contributed by atoms with van der Waals surface area (Å²) in [5.74, 6) is 0.269. The number of carbonyl (C=O) groups excluding carboxylic acids is 1. The maximum Gasteiger partial charge on any atom is 0.272 e. The molecule has 1 atom stereocenters. The third kappa shape index (κ3) is 3.55. The van der Waals surface area contributed by atoms with Gasteiger partial charge in [-0.3, -0.25) is 9.59 Å². The van der Waals surface area contributed by atoms with Gasteiger partial charge in [0.05, 0.1) is 40.7 Å². The number of benzene rings is 1. The molecule has 0 spiro atoms. The molecule has 0 bridgehead atoms. The molecule has 1 fully saturated rings. The van der Waals surface area contributed by atoms with E-state index in [1.54, 1.807) is 41.9 Å². The zero-order valence-electron chi connectivity index (χ0n) is 15.2. The van der Waals surface area contributed by atoms with Gasteiger partial charge in [-0.2, -0.15) is 10.2 Å². The highest BCUT2D eigenvalue weighted by Gasteiger charge is 2.31. The van der Waals surface area contributed by atoms with E-state index in [-0.39, 0.29) is 35.4 Å². The van der Waals surface area contributed by atoms with Crippen LogP contribution in [0.5, 0.6) is 0 Å². The summed E-state index contributed by atoms with van der Waals surface area (Å²) in [6.45, 7) is 1.78. The molecule has 1 aromatic carbocycles. The van der Waals surface area contributed by atoms with E-state index in [2.05, 4.69) is 20.6 Å². The van der Waals surface area contributed by atoms with Crippen molar-refractivity contribution >= 4 is 32.3 Å². The number of sulfone groups is 1. The minimum Gasteiger partial charge on any atom is -0.311 e. The average molecular weight is 401 g/mol. The van der Waals surface area contributed by atoms with Gasteiger partial charge in [-0.05, 0) is 19.4 Å². The number of rotatable bonds is 4. The van der Waals surface area contributed by atoms with Gasteiger partial charge in [0.25, 0.3) is 5.56 Å². The molecule has 1 aliphatic heterocycles. The highest BCUT2D eigenvalue weighted by molar-refractivity contribution is 7.91. The predicted molar refractivity (Wildman–Crippen MR) is 104 cm³/mol. The van der Waals surface area contributed by atoms with Crippen molar-refractivity contribution in [3.05, 3.63) is 52.1 Å². The van der Waals surface area contributed by atoms with Crippen LogP contribution < -0.4 is 10.9 Å². The third-order valence-electron chi connectivity index (χ3n) is 4.78. The van der Waals surface area contributed by atoms with Crippen molar-refractivity contribution in [2.45, 2.75) is 25.8 Å². The summed E-state index contributed by atoms with van der Waals surface area (Å²) in [7, 11) is -3.07. The van der Waals surface area contributed by atoms with Crippen molar-refractivity contribution in [2.75, 3.05) is 16.8 Å². The normalized spacial score (nSPS) is 18.4. The van der Waals surface area contributed by atoms with Crippen LogP contribution in [0.4, 0.5) is 5.82 Å². The van der Waals surface area contributed by atoms with Gasteiger partial charge in [-0.1, -0.05) is 18.2 Å². The molecule has 2 aromatic heterocycles. The number of nitrogens with one attached hydrogen (secondary N) is 2. The molecule has 4 rings (SSSR count). The topological polar surface area (TPSA) is 127 Å². The lowest BCUT2D eigenvalue weighted by Crippen LogP contribution is -2.22. The minimum atomic E-state index is -3.07. The number of fused-ring (bicyclic) bond motifs is 1. The molecule has 2 N–H and O–H groups in total. The zero-order valence-corrected chi connectivity index (χ0v) is 16.0. The fraction of sp³-hybridized carbons (Fsp3) is 0.333. The van der Waals surface area contributed by atoms with Crippen LogP contribution in [0.1, 0.15) is 23.9 Å². The SMILES string of the molecule is Cc1cc(NC(=O)Cc2n[nH]c(=O)c3ccccc23)n(C2CCS(=O)(=O)C2)n1. The lowest BCUT2D eigenvalue weighted by Gasteiger charge is -2.14. The van der Waals surface area contributed by atoms with Gasteiger partial charge in [-0.25, -0.2) is 18.2 Å². The van der Waals surface area contributed by atoms with Crippen LogP contribution in [-0.2, 0) is 21.1 Å². The second kappa shape index (κ2) is 6.86. The number of aryl methyl sites for hydroxylation is 1. The number of aromatic amines is 1. The number of carbonyl (C=O) groups is 1. The zero-order chi connectivity index (χ0) is 19.9. The number of hydrogen-bond donors (Lipinski definition) is 2. The molecule has 1 amide bonds. The summed E-state index contributed by atoms with van der Waals surface area (Å²) >= 11 is 0. The molecule has 0 saturated carbocycles. The first-order chi connectivity index (χ1) is 13.3. The van der Waals surface area contributed by atoms with Gasteiger partial charge in [-0.15, -0.1) is 0 Å². The van der Waals surface area contributed by atoms with Gasteiger partial charge < -0.3 is 5.32 Å². The molecule has 0 aliphatic carbocycles. The molecular weight excluding hydrogens is 382 g/mol. The average Bonchev–Trinajstić information content (AvgIpc) is 3.19. The molecule has 146 valence electrons. The molecule has 10 heteroatoms. The van der Waals surface area contributed by atoms with E-state index in [4.69, 9.17) is 0 Å². The van der Waals surface area contributed by atoms with Crippen molar-refractivity contribution < 1.29 is 13.2 Å². The monoisotopic (exact) mass is 401 g/mol. The Balaban J connectivity index is 1.57. The molecule has 3 heterocycles. The largest absolute Gasteiger partial charge is 0.311 e. The highest BCUT2D eigenvalue weighted by Crippen LogP contribution is 2.27. The molecule has 0 radical (unpaired) electrons. The Bertz CT molecular complexity index is 1230. The van der Waals surface area contributed by atoms with E-state index in [9.17, 15) is 18.0 Å². The van der Waals surface area contributed by atoms with Gasteiger partial charge in [0.2, 0.25) is 5.91 Å². The molecule has 28 heavy (non-hydrogen) atoms. The molecule has 1 saturated heterocycles. The minimum absolute atomic E-state index is 0.0170. The van der Waals surface area contributed by atoms with Gasteiger partial charge in [0, 0.05) is 11.5 Å². The molecule has 1 aliphatic rings. The van der Waals surface area contributed by atoms with Crippen LogP contribution in [0.2, 0.25) is 0 Å². The Kier molecular flexibility index (Phi) is 4.50. The summed E-state index contributed by atoms with van der Waals surface area (Å²) < 4.78 is 25.1. The van der Waals surface area contributed by atoms with Crippen molar-refractivity contribution in [1.82, 2.24) is 20.0 Å². The summed E-state index contributed by atoms with van der Waals surface area (Å²) in [4.78, 5) is 24.5. The quantitative estimate of drug-likeness (QED) is 0.671. The van der Waals surface area contributed by atoms with Crippen LogP contribution in [0.15, 0.2) is 35.1 Å². The van der Waals surface area contributed by atoms with Gasteiger partial charge >= 0.3 is 0 Å². The number of anilines is 1. The maximum absolute atomic E-state index is 12.6. The molecule has 1 unspecified atom stereocenters. The Hall–Kier alpha value is -3.01. The van der Waals surface area contributed by atoms with Gasteiger partial charge in [0.15, 0.2) is 9.84 Å². The summed E-state index contributed by atoms with van der Waals surface area (Å²) in [6, 6.07) is 8.37.